The van der Waals surface area contributed by atoms with Crippen molar-refractivity contribution in [2.24, 2.45) is 5.41 Å². The molecule has 2 spiro atoms. The van der Waals surface area contributed by atoms with Gasteiger partial charge in [0.1, 0.15) is 11.2 Å². The summed E-state index contributed by atoms with van der Waals surface area (Å²) in [4.78, 5) is 40.9. The Bertz CT molecular complexity index is 1570. The van der Waals surface area contributed by atoms with Crippen LogP contribution in [0.2, 0.25) is 10.0 Å². The molecule has 12 heteroatoms. The van der Waals surface area contributed by atoms with E-state index in [9.17, 15) is 28.3 Å². The molecule has 44 heavy (non-hydrogen) atoms. The highest BCUT2D eigenvalue weighted by molar-refractivity contribution is 6.31. The molecule has 4 aliphatic carbocycles. The van der Waals surface area contributed by atoms with Crippen molar-refractivity contribution in [2.75, 3.05) is 5.32 Å². The highest BCUT2D eigenvalue weighted by Gasteiger charge is 2.73. The van der Waals surface area contributed by atoms with Crippen LogP contribution in [0.1, 0.15) is 81.3 Å². The summed E-state index contributed by atoms with van der Waals surface area (Å²) in [5, 5.41) is 19.5. The Hall–Kier alpha value is -2.82. The molecule has 234 valence electrons. The van der Waals surface area contributed by atoms with E-state index in [0.29, 0.717) is 54.8 Å². The van der Waals surface area contributed by atoms with Crippen LogP contribution in [0.5, 0.6) is 0 Å². The monoisotopic (exact) mass is 649 g/mol. The van der Waals surface area contributed by atoms with E-state index in [2.05, 4.69) is 16.0 Å². The fourth-order valence-corrected chi connectivity index (χ4v) is 9.49. The van der Waals surface area contributed by atoms with E-state index in [4.69, 9.17) is 23.2 Å². The molecule has 5 fully saturated rings. The number of amides is 2. The minimum Gasteiger partial charge on any atom is -0.481 e. The number of hydrogen-bond acceptors (Lipinski definition) is 4. The number of anilines is 1. The number of carbonyl (C=O) groups excluding carboxylic acids is 2. The van der Waals surface area contributed by atoms with E-state index in [1.54, 1.807) is 24.3 Å². The number of nitrogens with one attached hydrogen (secondary N) is 3. The van der Waals surface area contributed by atoms with Gasteiger partial charge in [-0.05, 0) is 80.7 Å². The lowest BCUT2D eigenvalue weighted by Crippen LogP contribution is -2.63. The Morgan fingerprint density at radius 2 is 1.59 bits per heavy atom. The smallest absolute Gasteiger partial charge is 0.309 e. The van der Waals surface area contributed by atoms with Crippen molar-refractivity contribution in [2.45, 2.75) is 98.6 Å². The van der Waals surface area contributed by atoms with Gasteiger partial charge in [-0.15, -0.1) is 0 Å². The van der Waals surface area contributed by atoms with Gasteiger partial charge < -0.3 is 15.7 Å². The van der Waals surface area contributed by atoms with Crippen LogP contribution >= 0.6 is 23.2 Å². The van der Waals surface area contributed by atoms with Crippen LogP contribution in [0.3, 0.4) is 0 Å². The number of benzene rings is 2. The molecule has 2 aliphatic heterocycles. The van der Waals surface area contributed by atoms with Gasteiger partial charge in [-0.25, -0.2) is 13.2 Å². The van der Waals surface area contributed by atoms with Crippen molar-refractivity contribution in [1.82, 2.24) is 10.6 Å². The zero-order chi connectivity index (χ0) is 31.3. The standard InChI is InChI=1S/C32H32Cl2F3N3O4/c33-17-4-5-19-21(16-17)38-26(42)32(19)22(18-2-1-3-20(34)23(18)35)24(39-30(32)12-14-31(36,37)15-13-30)25(41)40-29-9-6-28(7-10-29,8-11-29)27(43)44/h1-5,16,22,24,39H,6-15H2,(H,38,42)(H,40,41)(H,43,44)/t22?,24-,28?,29?,32-/m1/s1. The SMILES string of the molecule is O=C(NC12CCC(C(=O)O)(CC1)CC2)[C@@H]1NC2(CCC(F)(F)CC2)[C@@]2(C(=O)Nc3cc(Cl)ccc32)C1c1cccc(Cl)c1F. The molecule has 3 atom stereocenters. The molecular weight excluding hydrogens is 618 g/mol. The van der Waals surface area contributed by atoms with E-state index in [-0.39, 0.29) is 23.4 Å². The number of halogens is 5. The molecule has 1 saturated heterocycles. The van der Waals surface area contributed by atoms with Crippen molar-refractivity contribution in [3.63, 3.8) is 0 Å². The molecule has 8 rings (SSSR count). The van der Waals surface area contributed by atoms with Crippen LogP contribution in [0.15, 0.2) is 36.4 Å². The molecule has 2 aromatic rings. The lowest BCUT2D eigenvalue weighted by atomic mass is 9.55. The molecule has 2 amide bonds. The summed E-state index contributed by atoms with van der Waals surface area (Å²) >= 11 is 12.6. The summed E-state index contributed by atoms with van der Waals surface area (Å²) in [5.74, 6) is -6.73. The fourth-order valence-electron chi connectivity index (χ4n) is 9.14. The highest BCUT2D eigenvalue weighted by Crippen LogP contribution is 2.64. The summed E-state index contributed by atoms with van der Waals surface area (Å²) in [7, 11) is 0. The first kappa shape index (κ1) is 29.9. The molecule has 1 unspecified atom stereocenters. The second kappa shape index (κ2) is 9.84. The van der Waals surface area contributed by atoms with Crippen molar-refractivity contribution < 1.29 is 32.7 Å². The minimum absolute atomic E-state index is 0.0343. The zero-order valence-electron chi connectivity index (χ0n) is 23.8. The highest BCUT2D eigenvalue weighted by atomic mass is 35.5. The number of alkyl halides is 2. The van der Waals surface area contributed by atoms with Crippen LogP contribution in [0, 0.1) is 11.2 Å². The van der Waals surface area contributed by atoms with E-state index in [0.717, 1.165) is 0 Å². The maximum absolute atomic E-state index is 16.1. The van der Waals surface area contributed by atoms with Crippen molar-refractivity contribution >= 4 is 46.7 Å². The normalized spacial score (nSPS) is 34.6. The minimum atomic E-state index is -2.96. The van der Waals surface area contributed by atoms with Gasteiger partial charge in [0, 0.05) is 40.5 Å². The summed E-state index contributed by atoms with van der Waals surface area (Å²) in [6.45, 7) is 0. The Morgan fingerprint density at radius 1 is 0.932 bits per heavy atom. The maximum atomic E-state index is 16.1. The number of rotatable bonds is 4. The summed E-state index contributed by atoms with van der Waals surface area (Å²) in [5.41, 5.74) is -3.53. The number of carboxylic acid groups (broad SMARTS) is 1. The van der Waals surface area contributed by atoms with Gasteiger partial charge in [0.2, 0.25) is 17.7 Å². The maximum Gasteiger partial charge on any atom is 0.309 e. The lowest BCUT2D eigenvalue weighted by molar-refractivity contribution is -0.157. The average molecular weight is 651 g/mol. The van der Waals surface area contributed by atoms with Gasteiger partial charge in [-0.3, -0.25) is 19.7 Å². The number of hydrogen-bond donors (Lipinski definition) is 4. The number of carbonyl (C=O) groups is 3. The quantitative estimate of drug-likeness (QED) is 0.310. The Balaban J connectivity index is 1.38. The van der Waals surface area contributed by atoms with E-state index >= 15 is 4.39 Å². The van der Waals surface area contributed by atoms with Gasteiger partial charge in [0.05, 0.1) is 16.5 Å². The zero-order valence-corrected chi connectivity index (χ0v) is 25.3. The summed E-state index contributed by atoms with van der Waals surface area (Å²) in [6, 6.07) is 8.06. The van der Waals surface area contributed by atoms with Crippen molar-refractivity contribution in [3.05, 3.63) is 63.4 Å². The van der Waals surface area contributed by atoms with E-state index in [1.807, 2.05) is 0 Å². The van der Waals surface area contributed by atoms with Gasteiger partial charge in [-0.1, -0.05) is 41.4 Å². The van der Waals surface area contributed by atoms with Crippen LogP contribution in [0.4, 0.5) is 18.9 Å². The molecular formula is C32H32Cl2F3N3O4. The molecule has 2 bridgehead atoms. The predicted molar refractivity (Wildman–Crippen MR) is 158 cm³/mol. The third-order valence-corrected chi connectivity index (χ3v) is 12.0. The van der Waals surface area contributed by atoms with Gasteiger partial charge in [0.15, 0.2) is 0 Å². The number of fused-ring (bicyclic) bond motifs is 6. The second-order valence-electron chi connectivity index (χ2n) is 13.5. The van der Waals surface area contributed by atoms with Crippen LogP contribution in [0.25, 0.3) is 0 Å². The first-order valence-electron chi connectivity index (χ1n) is 15.0. The van der Waals surface area contributed by atoms with Crippen molar-refractivity contribution in [1.29, 1.82) is 0 Å². The molecule has 2 heterocycles. The van der Waals surface area contributed by atoms with E-state index in [1.165, 1.54) is 12.1 Å². The topological polar surface area (TPSA) is 108 Å². The van der Waals surface area contributed by atoms with Crippen molar-refractivity contribution in [3.8, 4) is 0 Å². The third kappa shape index (κ3) is 4.09. The van der Waals surface area contributed by atoms with Gasteiger partial charge in [0.25, 0.3) is 0 Å². The predicted octanol–water partition coefficient (Wildman–Crippen LogP) is 6.32. The Labute approximate surface area is 262 Å². The molecule has 6 aliphatic rings. The summed E-state index contributed by atoms with van der Waals surface area (Å²) < 4.78 is 45.5. The summed E-state index contributed by atoms with van der Waals surface area (Å²) in [6.07, 6.45) is 1.38. The van der Waals surface area contributed by atoms with Crippen LogP contribution < -0.4 is 16.0 Å². The first-order valence-corrected chi connectivity index (χ1v) is 15.8. The lowest BCUT2D eigenvalue weighted by Gasteiger charge is -2.52. The molecule has 4 saturated carbocycles. The largest absolute Gasteiger partial charge is 0.481 e. The number of carboxylic acids is 1. The van der Waals surface area contributed by atoms with Gasteiger partial charge >= 0.3 is 5.97 Å². The van der Waals surface area contributed by atoms with Gasteiger partial charge in [-0.2, -0.15) is 0 Å². The molecule has 7 nitrogen and oxygen atoms in total. The molecule has 4 N–H and O–H groups in total. The Morgan fingerprint density at radius 3 is 2.23 bits per heavy atom. The van der Waals surface area contributed by atoms with E-state index < -0.39 is 76.2 Å². The molecule has 2 aromatic carbocycles. The van der Waals surface area contributed by atoms with Crippen LogP contribution in [-0.4, -0.2) is 45.9 Å². The first-order chi connectivity index (χ1) is 20.8. The average Bonchev–Trinajstić information content (AvgIpc) is 3.45. The Kier molecular flexibility index (Phi) is 6.68. The third-order valence-electron chi connectivity index (χ3n) is 11.5. The molecule has 0 aromatic heterocycles. The second-order valence-corrected chi connectivity index (χ2v) is 14.3. The number of aliphatic carboxylic acids is 1. The van der Waals surface area contributed by atoms with Crippen LogP contribution in [-0.2, 0) is 19.8 Å². The fraction of sp³-hybridized carbons (Fsp3) is 0.531. The molecule has 0 radical (unpaired) electrons.